The summed E-state index contributed by atoms with van der Waals surface area (Å²) >= 11 is 0. The molecule has 2 unspecified atom stereocenters. The normalized spacial score (nSPS) is 23.7. The fourth-order valence-corrected chi connectivity index (χ4v) is 7.45. The number of ether oxygens (including phenoxy) is 2. The zero-order valence-corrected chi connectivity index (χ0v) is 28.7. The van der Waals surface area contributed by atoms with Gasteiger partial charge in [0.1, 0.15) is 23.6 Å². The van der Waals surface area contributed by atoms with Crippen molar-refractivity contribution in [2.24, 2.45) is 23.2 Å². The van der Waals surface area contributed by atoms with Crippen LogP contribution in [0.1, 0.15) is 91.7 Å². The zero-order valence-electron chi connectivity index (χ0n) is 28.7. The van der Waals surface area contributed by atoms with Crippen LogP contribution in [0.3, 0.4) is 0 Å². The minimum absolute atomic E-state index is 0.0501. The number of ketones is 1. The molecule has 2 aliphatic rings. The number of aryl methyl sites for hydroxylation is 1. The Morgan fingerprint density at radius 1 is 1.08 bits per heavy atom. The second kappa shape index (κ2) is 15.3. The summed E-state index contributed by atoms with van der Waals surface area (Å²) in [5.74, 6) is -1.80. The third kappa shape index (κ3) is 8.68. The maximum absolute atomic E-state index is 13.9. The molecule has 0 bridgehead atoms. The smallest absolute Gasteiger partial charge is 0.405 e. The number of likely N-dealkylation sites (tertiary alicyclic amines) is 1. The van der Waals surface area contributed by atoms with Gasteiger partial charge in [0.25, 0.3) is 0 Å². The Balaban J connectivity index is 1.57. The van der Waals surface area contributed by atoms with E-state index in [9.17, 15) is 32.7 Å². The van der Waals surface area contributed by atoms with Crippen molar-refractivity contribution in [2.75, 3.05) is 13.7 Å². The summed E-state index contributed by atoms with van der Waals surface area (Å²) in [4.78, 5) is 49.6. The first-order chi connectivity index (χ1) is 22.5. The van der Waals surface area contributed by atoms with E-state index in [1.165, 1.54) is 11.8 Å². The molecule has 1 aliphatic heterocycles. The number of Topliss-reactive ketones (excluding diaryl/α,β-unsaturated/α-hetero) is 1. The van der Waals surface area contributed by atoms with E-state index in [-0.39, 0.29) is 36.5 Å². The molecule has 48 heavy (non-hydrogen) atoms. The van der Waals surface area contributed by atoms with Crippen LogP contribution in [0, 0.1) is 23.2 Å². The topological polar surface area (TPSA) is 131 Å². The number of carboxylic acid groups (broad SMARTS) is 1. The summed E-state index contributed by atoms with van der Waals surface area (Å²) in [6.07, 6.45) is -1.05. The van der Waals surface area contributed by atoms with Gasteiger partial charge < -0.3 is 24.8 Å². The van der Waals surface area contributed by atoms with Gasteiger partial charge in [-0.3, -0.25) is 9.59 Å². The van der Waals surface area contributed by atoms with Crippen molar-refractivity contribution in [1.82, 2.24) is 20.2 Å². The molecule has 6 atom stereocenters. The van der Waals surface area contributed by atoms with Crippen molar-refractivity contribution in [3.8, 4) is 11.6 Å². The number of alkyl halides is 3. The number of aromatic nitrogens is 2. The van der Waals surface area contributed by atoms with E-state index in [4.69, 9.17) is 19.4 Å². The van der Waals surface area contributed by atoms with Gasteiger partial charge in [0, 0.05) is 12.0 Å². The van der Waals surface area contributed by atoms with Gasteiger partial charge in [-0.15, -0.1) is 0 Å². The van der Waals surface area contributed by atoms with Crippen molar-refractivity contribution in [1.29, 1.82) is 0 Å². The summed E-state index contributed by atoms with van der Waals surface area (Å²) in [7, 11) is 1.55. The maximum atomic E-state index is 13.9. The molecule has 1 aromatic carbocycles. The number of nitrogens with one attached hydrogen (secondary N) is 1. The van der Waals surface area contributed by atoms with Gasteiger partial charge in [0.15, 0.2) is 5.78 Å². The van der Waals surface area contributed by atoms with Crippen molar-refractivity contribution >= 4 is 28.8 Å². The largest absolute Gasteiger partial charge is 0.497 e. The third-order valence-electron chi connectivity index (χ3n) is 9.89. The summed E-state index contributed by atoms with van der Waals surface area (Å²) < 4.78 is 52.2. The second-order valence-electron chi connectivity index (χ2n) is 14.3. The van der Waals surface area contributed by atoms with Crippen LogP contribution in [0.25, 0.3) is 11.0 Å². The maximum Gasteiger partial charge on any atom is 0.405 e. The lowest BCUT2D eigenvalue weighted by atomic mass is 9.85. The van der Waals surface area contributed by atoms with E-state index >= 15 is 0 Å². The molecular formula is C35H49F3N4O6. The van der Waals surface area contributed by atoms with Crippen LogP contribution in [0.5, 0.6) is 11.6 Å². The zero-order chi connectivity index (χ0) is 35.4. The number of fused-ring (bicyclic) bond motifs is 1. The Labute approximate surface area is 280 Å². The van der Waals surface area contributed by atoms with Crippen molar-refractivity contribution in [2.45, 2.75) is 117 Å². The van der Waals surface area contributed by atoms with Gasteiger partial charge in [-0.2, -0.15) is 13.2 Å². The molecule has 0 spiro atoms. The van der Waals surface area contributed by atoms with E-state index in [0.717, 1.165) is 6.42 Å². The number of benzene rings is 1. The fourth-order valence-electron chi connectivity index (χ4n) is 7.45. The molecule has 1 saturated carbocycles. The first kappa shape index (κ1) is 37.2. The Bertz CT molecular complexity index is 1460. The standard InChI is InChI=1S/C35H49F3N4O6/c1-7-23-28(19-42(29(23)20(2)43)32(44)30(34(3,4)5)41-33(45)46)48-31-26(39-25-17-16-22(47-6)18-27(25)40-31)15-10-8-9-12-21-13-11-14-24(21)35(36,37)38/h16-18,21,23-24,28-30,41H,7-15,19H2,1-6H3,(H,45,46)/t21-,23-,24+,28?,29-,30?/m1/s1. The predicted octanol–water partition coefficient (Wildman–Crippen LogP) is 6.98. The Morgan fingerprint density at radius 2 is 1.81 bits per heavy atom. The molecule has 4 rings (SSSR count). The number of carbonyl (C=O) groups excluding carboxylic acids is 2. The van der Waals surface area contributed by atoms with E-state index < -0.39 is 47.7 Å². The second-order valence-corrected chi connectivity index (χ2v) is 14.3. The summed E-state index contributed by atoms with van der Waals surface area (Å²) in [5.41, 5.74) is 0.981. The van der Waals surface area contributed by atoms with Crippen LogP contribution in [0.15, 0.2) is 18.2 Å². The molecule has 2 heterocycles. The lowest BCUT2D eigenvalue weighted by Crippen LogP contribution is -2.56. The van der Waals surface area contributed by atoms with E-state index in [1.54, 1.807) is 46.1 Å². The molecule has 2 fully saturated rings. The molecular weight excluding hydrogens is 629 g/mol. The number of nitrogens with zero attached hydrogens (tertiary/aromatic N) is 3. The number of unbranched alkanes of at least 4 members (excludes halogenated alkanes) is 2. The molecule has 1 saturated heterocycles. The van der Waals surface area contributed by atoms with Crippen LogP contribution >= 0.6 is 0 Å². The number of amides is 2. The highest BCUT2D eigenvalue weighted by Gasteiger charge is 2.50. The first-order valence-electron chi connectivity index (χ1n) is 16.9. The highest BCUT2D eigenvalue weighted by Crippen LogP contribution is 2.45. The highest BCUT2D eigenvalue weighted by atomic mass is 19.4. The van der Waals surface area contributed by atoms with Crippen LogP contribution in [-0.4, -0.2) is 75.8 Å². The Kier molecular flexibility index (Phi) is 11.8. The molecule has 10 nitrogen and oxygen atoms in total. The van der Waals surface area contributed by atoms with Crippen molar-refractivity contribution in [3.63, 3.8) is 0 Å². The lowest BCUT2D eigenvalue weighted by molar-refractivity contribution is -0.184. The molecule has 13 heteroatoms. The highest BCUT2D eigenvalue weighted by molar-refractivity contribution is 5.92. The summed E-state index contributed by atoms with van der Waals surface area (Å²) in [6, 6.07) is 3.41. The predicted molar refractivity (Wildman–Crippen MR) is 174 cm³/mol. The van der Waals surface area contributed by atoms with Gasteiger partial charge in [0.05, 0.1) is 36.6 Å². The van der Waals surface area contributed by atoms with Crippen LogP contribution in [0.4, 0.5) is 18.0 Å². The third-order valence-corrected chi connectivity index (χ3v) is 9.89. The van der Waals surface area contributed by atoms with Gasteiger partial charge in [-0.05, 0) is 68.9 Å². The molecule has 0 radical (unpaired) electrons. The van der Waals surface area contributed by atoms with Gasteiger partial charge in [-0.1, -0.05) is 47.0 Å². The molecule has 1 aliphatic carbocycles. The van der Waals surface area contributed by atoms with Crippen LogP contribution in [0.2, 0.25) is 0 Å². The Morgan fingerprint density at radius 3 is 2.42 bits per heavy atom. The summed E-state index contributed by atoms with van der Waals surface area (Å²) in [5, 5.41) is 11.8. The SMILES string of the molecule is CC[C@@H]1C(Oc2nc3cc(OC)ccc3nc2CCCCC[C@@H]2CCC[C@@H]2C(F)(F)F)CN(C(=O)C(NC(=O)O)C(C)(C)C)[C@@H]1C(C)=O. The van der Waals surface area contributed by atoms with E-state index in [0.29, 0.717) is 67.4 Å². The first-order valence-corrected chi connectivity index (χ1v) is 16.9. The Hall–Kier alpha value is -3.64. The van der Waals surface area contributed by atoms with Gasteiger partial charge >= 0.3 is 12.3 Å². The van der Waals surface area contributed by atoms with Crippen LogP contribution in [-0.2, 0) is 16.0 Å². The quantitative estimate of drug-likeness (QED) is 0.217. The molecule has 2 N–H and O–H groups in total. The number of hydrogen-bond donors (Lipinski definition) is 2. The number of methoxy groups -OCH3 is 1. The number of rotatable bonds is 13. The average Bonchev–Trinajstić information content (AvgIpc) is 3.63. The monoisotopic (exact) mass is 678 g/mol. The lowest BCUT2D eigenvalue weighted by Gasteiger charge is -2.35. The number of carbonyl (C=O) groups is 3. The molecule has 266 valence electrons. The van der Waals surface area contributed by atoms with Crippen LogP contribution < -0.4 is 14.8 Å². The molecule has 2 amide bonds. The number of halogens is 3. The van der Waals surface area contributed by atoms with Gasteiger partial charge in [0.2, 0.25) is 11.8 Å². The molecule has 2 aromatic rings. The molecule has 1 aromatic heterocycles. The van der Waals surface area contributed by atoms with Crippen molar-refractivity contribution in [3.05, 3.63) is 23.9 Å². The van der Waals surface area contributed by atoms with E-state index in [2.05, 4.69) is 5.32 Å². The summed E-state index contributed by atoms with van der Waals surface area (Å²) in [6.45, 7) is 8.64. The van der Waals surface area contributed by atoms with Gasteiger partial charge in [-0.25, -0.2) is 14.8 Å². The van der Waals surface area contributed by atoms with E-state index in [1.807, 2.05) is 6.92 Å². The minimum Gasteiger partial charge on any atom is -0.497 e. The number of hydrogen-bond acceptors (Lipinski definition) is 7. The average molecular weight is 679 g/mol. The fraction of sp³-hybridized carbons (Fsp3) is 0.686. The van der Waals surface area contributed by atoms with Crippen molar-refractivity contribution < 1.29 is 42.1 Å². The minimum atomic E-state index is -4.14.